The molecule has 0 unspecified atom stereocenters. The number of hydrogen-bond donors (Lipinski definition) is 0. The van der Waals surface area contributed by atoms with Crippen LogP contribution in [0.5, 0.6) is 0 Å². The third-order valence-electron chi connectivity index (χ3n) is 4.87. The van der Waals surface area contributed by atoms with Crippen LogP contribution in [-0.2, 0) is 0 Å². The molecule has 0 aromatic heterocycles. The monoisotopic (exact) mass is 218 g/mol. The average molecular weight is 218 g/mol. The molecule has 90 valence electrons. The largest absolute Gasteiger partial charge is 0.0842 e. The highest BCUT2D eigenvalue weighted by Gasteiger charge is 2.34. The lowest BCUT2D eigenvalue weighted by Crippen LogP contribution is -2.28. The molecule has 0 saturated heterocycles. The maximum Gasteiger partial charge on any atom is -0.0113 e. The first-order valence-corrected chi connectivity index (χ1v) is 6.98. The van der Waals surface area contributed by atoms with E-state index in [4.69, 9.17) is 0 Å². The highest BCUT2D eigenvalue weighted by atomic mass is 14.4. The lowest BCUT2D eigenvalue weighted by atomic mass is 9.64. The lowest BCUT2D eigenvalue weighted by molar-refractivity contribution is 0.171. The van der Waals surface area contributed by atoms with E-state index in [1.807, 2.05) is 0 Å². The lowest BCUT2D eigenvalue weighted by Gasteiger charge is -2.41. The fourth-order valence-electron chi connectivity index (χ4n) is 3.37. The summed E-state index contributed by atoms with van der Waals surface area (Å²) >= 11 is 0. The zero-order valence-corrected chi connectivity index (χ0v) is 11.1. The standard InChI is InChI=1S/C16H26/c1-13(2)14-9-11-16(3,12-10-14)15-7-5-4-6-8-15/h4-5,7,13-14H,6,8-12H2,1-3H3. The Morgan fingerprint density at radius 2 is 1.94 bits per heavy atom. The normalized spacial score (nSPS) is 35.2. The summed E-state index contributed by atoms with van der Waals surface area (Å²) in [5.41, 5.74) is 2.24. The molecule has 1 saturated carbocycles. The van der Waals surface area contributed by atoms with E-state index in [2.05, 4.69) is 39.0 Å². The molecule has 0 radical (unpaired) electrons. The fraction of sp³-hybridized carbons (Fsp3) is 0.750. The molecule has 0 N–H and O–H groups in total. The van der Waals surface area contributed by atoms with Crippen molar-refractivity contribution in [3.63, 3.8) is 0 Å². The van der Waals surface area contributed by atoms with Gasteiger partial charge in [-0.25, -0.2) is 0 Å². The fourth-order valence-corrected chi connectivity index (χ4v) is 3.37. The number of hydrogen-bond acceptors (Lipinski definition) is 0. The van der Waals surface area contributed by atoms with Crippen LogP contribution in [0.4, 0.5) is 0 Å². The van der Waals surface area contributed by atoms with E-state index in [1.54, 1.807) is 5.57 Å². The minimum atomic E-state index is 0.524. The van der Waals surface area contributed by atoms with Gasteiger partial charge in [-0.2, -0.15) is 0 Å². The Bertz CT molecular complexity index is 285. The first kappa shape index (κ1) is 12.0. The summed E-state index contributed by atoms with van der Waals surface area (Å²) in [7, 11) is 0. The Labute approximate surface area is 101 Å². The molecule has 16 heavy (non-hydrogen) atoms. The second-order valence-electron chi connectivity index (χ2n) is 6.30. The van der Waals surface area contributed by atoms with Gasteiger partial charge in [0.1, 0.15) is 0 Å². The first-order valence-electron chi connectivity index (χ1n) is 6.98. The van der Waals surface area contributed by atoms with Gasteiger partial charge in [-0.05, 0) is 55.8 Å². The Kier molecular flexibility index (Phi) is 3.56. The van der Waals surface area contributed by atoms with E-state index in [9.17, 15) is 0 Å². The molecule has 0 heteroatoms. The van der Waals surface area contributed by atoms with Crippen molar-refractivity contribution in [3.8, 4) is 0 Å². The van der Waals surface area contributed by atoms with E-state index in [1.165, 1.54) is 38.5 Å². The molecule has 0 aliphatic heterocycles. The minimum Gasteiger partial charge on any atom is -0.0842 e. The first-order chi connectivity index (χ1) is 7.62. The maximum absolute atomic E-state index is 2.49. The van der Waals surface area contributed by atoms with Crippen molar-refractivity contribution in [3.05, 3.63) is 23.8 Å². The quantitative estimate of drug-likeness (QED) is 0.604. The van der Waals surface area contributed by atoms with Crippen LogP contribution >= 0.6 is 0 Å². The molecule has 0 nitrogen and oxygen atoms in total. The molecule has 0 atom stereocenters. The van der Waals surface area contributed by atoms with Crippen molar-refractivity contribution in [2.45, 2.75) is 59.3 Å². The Hall–Kier alpha value is -0.520. The Morgan fingerprint density at radius 1 is 1.25 bits per heavy atom. The van der Waals surface area contributed by atoms with Gasteiger partial charge >= 0.3 is 0 Å². The zero-order valence-electron chi connectivity index (χ0n) is 11.1. The van der Waals surface area contributed by atoms with Gasteiger partial charge in [0, 0.05) is 0 Å². The zero-order chi connectivity index (χ0) is 11.6. The molecule has 0 amide bonds. The number of allylic oxidation sites excluding steroid dienone is 4. The molecular formula is C16H26. The predicted molar refractivity (Wildman–Crippen MR) is 71.4 cm³/mol. The predicted octanol–water partition coefficient (Wildman–Crippen LogP) is 5.12. The smallest absolute Gasteiger partial charge is 0.0113 e. The van der Waals surface area contributed by atoms with Gasteiger partial charge in [0.2, 0.25) is 0 Å². The summed E-state index contributed by atoms with van der Waals surface area (Å²) in [4.78, 5) is 0. The molecule has 2 rings (SSSR count). The van der Waals surface area contributed by atoms with Crippen molar-refractivity contribution >= 4 is 0 Å². The SMILES string of the molecule is CC(C)C1CCC(C)(C2=CC=CCC2)CC1. The maximum atomic E-state index is 2.49. The number of rotatable bonds is 2. The van der Waals surface area contributed by atoms with Crippen molar-refractivity contribution in [1.82, 2.24) is 0 Å². The Morgan fingerprint density at radius 3 is 2.44 bits per heavy atom. The van der Waals surface area contributed by atoms with Crippen LogP contribution in [0, 0.1) is 17.3 Å². The van der Waals surface area contributed by atoms with Gasteiger partial charge in [-0.3, -0.25) is 0 Å². The van der Waals surface area contributed by atoms with E-state index in [-0.39, 0.29) is 0 Å². The third-order valence-corrected chi connectivity index (χ3v) is 4.87. The summed E-state index contributed by atoms with van der Waals surface area (Å²) in [6.07, 6.45) is 15.2. The molecule has 2 aliphatic carbocycles. The van der Waals surface area contributed by atoms with Crippen molar-refractivity contribution in [2.75, 3.05) is 0 Å². The van der Waals surface area contributed by atoms with Gasteiger partial charge in [0.25, 0.3) is 0 Å². The van der Waals surface area contributed by atoms with Gasteiger partial charge in [-0.15, -0.1) is 0 Å². The van der Waals surface area contributed by atoms with Crippen LogP contribution in [0.3, 0.4) is 0 Å². The summed E-state index contributed by atoms with van der Waals surface area (Å²) in [6.45, 7) is 7.26. The van der Waals surface area contributed by atoms with Crippen LogP contribution in [0.1, 0.15) is 59.3 Å². The highest BCUT2D eigenvalue weighted by molar-refractivity contribution is 5.24. The molecule has 0 heterocycles. The van der Waals surface area contributed by atoms with E-state index >= 15 is 0 Å². The summed E-state index contributed by atoms with van der Waals surface area (Å²) in [6, 6.07) is 0. The second-order valence-corrected chi connectivity index (χ2v) is 6.30. The summed E-state index contributed by atoms with van der Waals surface area (Å²) in [5, 5.41) is 0. The van der Waals surface area contributed by atoms with Crippen molar-refractivity contribution < 1.29 is 0 Å². The van der Waals surface area contributed by atoms with Gasteiger partial charge in [0.15, 0.2) is 0 Å². The second kappa shape index (κ2) is 4.77. The van der Waals surface area contributed by atoms with Crippen LogP contribution in [-0.4, -0.2) is 0 Å². The topological polar surface area (TPSA) is 0 Å². The van der Waals surface area contributed by atoms with E-state index < -0.39 is 0 Å². The third kappa shape index (κ3) is 2.42. The minimum absolute atomic E-state index is 0.524. The molecule has 2 aliphatic rings. The van der Waals surface area contributed by atoms with Crippen molar-refractivity contribution in [1.29, 1.82) is 0 Å². The molecule has 0 aromatic rings. The van der Waals surface area contributed by atoms with Gasteiger partial charge in [-0.1, -0.05) is 44.6 Å². The molecule has 0 spiro atoms. The molecule has 0 bridgehead atoms. The van der Waals surface area contributed by atoms with Crippen LogP contribution < -0.4 is 0 Å². The van der Waals surface area contributed by atoms with E-state index in [0.717, 1.165) is 11.8 Å². The van der Waals surface area contributed by atoms with Crippen LogP contribution in [0.25, 0.3) is 0 Å². The molecular weight excluding hydrogens is 192 g/mol. The van der Waals surface area contributed by atoms with E-state index in [0.29, 0.717) is 5.41 Å². The molecule has 0 aromatic carbocycles. The molecule has 1 fully saturated rings. The summed E-state index contributed by atoms with van der Waals surface area (Å²) in [5.74, 6) is 1.86. The summed E-state index contributed by atoms with van der Waals surface area (Å²) < 4.78 is 0. The van der Waals surface area contributed by atoms with Gasteiger partial charge < -0.3 is 0 Å². The van der Waals surface area contributed by atoms with Crippen LogP contribution in [0.2, 0.25) is 0 Å². The average Bonchev–Trinajstić information content (AvgIpc) is 2.31. The van der Waals surface area contributed by atoms with Gasteiger partial charge in [0.05, 0.1) is 0 Å². The Balaban J connectivity index is 2.00. The van der Waals surface area contributed by atoms with Crippen LogP contribution in [0.15, 0.2) is 23.8 Å². The van der Waals surface area contributed by atoms with Crippen molar-refractivity contribution in [2.24, 2.45) is 17.3 Å². The highest BCUT2D eigenvalue weighted by Crippen LogP contribution is 2.47.